The molecule has 0 amide bonds. The van der Waals surface area contributed by atoms with Crippen molar-refractivity contribution in [2.75, 3.05) is 13.2 Å². The minimum Gasteiger partial charge on any atom is -0.498 e. The van der Waals surface area contributed by atoms with Gasteiger partial charge >= 0.3 is 0 Å². The molecule has 0 aromatic carbocycles. The highest BCUT2D eigenvalue weighted by atomic mass is 16.5. The first-order valence-corrected chi connectivity index (χ1v) is 3.22. The van der Waals surface area contributed by atoms with Gasteiger partial charge in [-0.3, -0.25) is 0 Å². The molecule has 10 heavy (non-hydrogen) atoms. The maximum absolute atomic E-state index is 5.02. The number of ether oxygens (including phenoxy) is 2. The fraction of sp³-hybridized carbons (Fsp3) is 0.250. The van der Waals surface area contributed by atoms with Gasteiger partial charge in [-0.2, -0.15) is 0 Å². The third-order valence-corrected chi connectivity index (χ3v) is 1.00. The van der Waals surface area contributed by atoms with E-state index in [1.165, 1.54) is 0 Å². The van der Waals surface area contributed by atoms with Crippen LogP contribution in [0.1, 0.15) is 0 Å². The molecule has 0 N–H and O–H groups in total. The Kier molecular flexibility index (Phi) is 3.24. The number of rotatable bonds is 0. The fourth-order valence-corrected chi connectivity index (χ4v) is 0.562. The lowest BCUT2D eigenvalue weighted by atomic mass is 10.5. The first kappa shape index (κ1) is 6.93. The van der Waals surface area contributed by atoms with Crippen molar-refractivity contribution in [3.63, 3.8) is 0 Å². The minimum atomic E-state index is 0.606. The summed E-state index contributed by atoms with van der Waals surface area (Å²) in [4.78, 5) is 0. The van der Waals surface area contributed by atoms with Crippen molar-refractivity contribution in [3.05, 3.63) is 36.8 Å². The molecule has 1 aliphatic rings. The van der Waals surface area contributed by atoms with Crippen molar-refractivity contribution in [2.24, 2.45) is 0 Å². The third-order valence-electron chi connectivity index (χ3n) is 1.00. The van der Waals surface area contributed by atoms with Crippen molar-refractivity contribution < 1.29 is 9.47 Å². The van der Waals surface area contributed by atoms with Crippen molar-refractivity contribution >= 4 is 0 Å². The molecule has 0 unspecified atom stereocenters. The molecule has 0 saturated heterocycles. The molecule has 0 radical (unpaired) electrons. The Bertz CT molecular complexity index is 139. The predicted octanol–water partition coefficient (Wildman–Crippen LogP) is 1.62. The van der Waals surface area contributed by atoms with E-state index in [9.17, 15) is 0 Å². The number of hydrogen-bond donors (Lipinski definition) is 0. The molecule has 1 aliphatic heterocycles. The predicted molar refractivity (Wildman–Crippen MR) is 39.3 cm³/mol. The Morgan fingerprint density at radius 3 is 1.70 bits per heavy atom. The lowest BCUT2D eigenvalue weighted by molar-refractivity contribution is 0.149. The molecule has 0 bridgehead atoms. The van der Waals surface area contributed by atoms with Crippen molar-refractivity contribution in [1.29, 1.82) is 0 Å². The average molecular weight is 138 g/mol. The van der Waals surface area contributed by atoms with E-state index in [-0.39, 0.29) is 0 Å². The maximum Gasteiger partial charge on any atom is 0.121 e. The molecule has 0 atom stereocenters. The van der Waals surface area contributed by atoms with Crippen LogP contribution in [0.3, 0.4) is 0 Å². The summed E-state index contributed by atoms with van der Waals surface area (Å²) in [7, 11) is 0. The van der Waals surface area contributed by atoms with Gasteiger partial charge in [-0.05, 0) is 12.2 Å². The zero-order valence-electron chi connectivity index (χ0n) is 5.69. The van der Waals surface area contributed by atoms with Gasteiger partial charge in [0.2, 0.25) is 0 Å². The summed E-state index contributed by atoms with van der Waals surface area (Å²) in [5.74, 6) is 0. The Hall–Kier alpha value is -1.18. The Morgan fingerprint density at radius 2 is 1.20 bits per heavy atom. The summed E-state index contributed by atoms with van der Waals surface area (Å²) >= 11 is 0. The Balaban J connectivity index is 2.40. The van der Waals surface area contributed by atoms with Gasteiger partial charge in [-0.15, -0.1) is 0 Å². The molecule has 2 nitrogen and oxygen atoms in total. The summed E-state index contributed by atoms with van der Waals surface area (Å²) in [5.41, 5.74) is 0. The van der Waals surface area contributed by atoms with Gasteiger partial charge in [0.25, 0.3) is 0 Å². The maximum atomic E-state index is 5.02. The highest BCUT2D eigenvalue weighted by Crippen LogP contribution is 1.87. The summed E-state index contributed by atoms with van der Waals surface area (Å²) < 4.78 is 10.0. The van der Waals surface area contributed by atoms with Gasteiger partial charge in [0, 0.05) is 0 Å². The van der Waals surface area contributed by atoms with Crippen molar-refractivity contribution in [1.82, 2.24) is 0 Å². The first-order chi connectivity index (χ1) is 5.00. The molecule has 1 rings (SSSR count). The van der Waals surface area contributed by atoms with Gasteiger partial charge in [-0.1, -0.05) is 12.2 Å². The largest absolute Gasteiger partial charge is 0.498 e. The van der Waals surface area contributed by atoms with E-state index in [1.807, 2.05) is 24.3 Å². The molecule has 54 valence electrons. The normalized spacial score (nSPS) is 27.2. The minimum absolute atomic E-state index is 0.606. The summed E-state index contributed by atoms with van der Waals surface area (Å²) in [6.45, 7) is 1.21. The lowest BCUT2D eigenvalue weighted by Crippen LogP contribution is -1.96. The van der Waals surface area contributed by atoms with Crippen LogP contribution in [0.5, 0.6) is 0 Å². The van der Waals surface area contributed by atoms with Gasteiger partial charge < -0.3 is 9.47 Å². The summed E-state index contributed by atoms with van der Waals surface area (Å²) in [6.07, 6.45) is 10.7. The van der Waals surface area contributed by atoms with E-state index in [4.69, 9.17) is 9.47 Å². The topological polar surface area (TPSA) is 18.5 Å². The van der Waals surface area contributed by atoms with Crippen LogP contribution in [0, 0.1) is 0 Å². The molecule has 1 heterocycles. The molecule has 0 aromatic rings. The van der Waals surface area contributed by atoms with E-state index >= 15 is 0 Å². The van der Waals surface area contributed by atoms with Gasteiger partial charge in [-0.25, -0.2) is 0 Å². The van der Waals surface area contributed by atoms with Crippen LogP contribution >= 0.6 is 0 Å². The quantitative estimate of drug-likeness (QED) is 0.506. The van der Waals surface area contributed by atoms with E-state index < -0.39 is 0 Å². The third kappa shape index (κ3) is 2.97. The van der Waals surface area contributed by atoms with Crippen molar-refractivity contribution in [2.45, 2.75) is 0 Å². The molecule has 0 saturated carbocycles. The average Bonchev–Trinajstić information content (AvgIpc) is 2.01. The zero-order valence-corrected chi connectivity index (χ0v) is 5.69. The number of hydrogen-bond acceptors (Lipinski definition) is 2. The van der Waals surface area contributed by atoms with Crippen LogP contribution in [0.25, 0.3) is 0 Å². The standard InChI is InChI=1S/C8H10O2/c1-2-4-6-10-8-7-9-5-3-1/h1-6H,7-8H2/b2-1-,5-3+,6-4+. The molecule has 2 heteroatoms. The van der Waals surface area contributed by atoms with Crippen LogP contribution in [-0.2, 0) is 9.47 Å². The van der Waals surface area contributed by atoms with E-state index in [0.29, 0.717) is 13.2 Å². The summed E-state index contributed by atoms with van der Waals surface area (Å²) in [5, 5.41) is 0. The Labute approximate surface area is 60.4 Å². The van der Waals surface area contributed by atoms with E-state index in [0.717, 1.165) is 0 Å². The van der Waals surface area contributed by atoms with Gasteiger partial charge in [0.05, 0.1) is 12.5 Å². The van der Waals surface area contributed by atoms with Gasteiger partial charge in [0.1, 0.15) is 13.2 Å². The smallest absolute Gasteiger partial charge is 0.121 e. The summed E-state index contributed by atoms with van der Waals surface area (Å²) in [6, 6.07) is 0. The molecule has 0 aliphatic carbocycles. The Morgan fingerprint density at radius 1 is 0.700 bits per heavy atom. The van der Waals surface area contributed by atoms with Crippen molar-refractivity contribution in [3.8, 4) is 0 Å². The van der Waals surface area contributed by atoms with Crippen LogP contribution in [0.15, 0.2) is 36.8 Å². The zero-order chi connectivity index (χ0) is 7.07. The second kappa shape index (κ2) is 4.68. The van der Waals surface area contributed by atoms with Gasteiger partial charge in [0.15, 0.2) is 0 Å². The highest BCUT2D eigenvalue weighted by Gasteiger charge is 1.81. The monoisotopic (exact) mass is 138 g/mol. The SMILES string of the molecule is C1=C\C=C\OCCO/C=C/1. The number of allylic oxidation sites excluding steroid dienone is 4. The molecule has 0 fully saturated rings. The molecule has 0 spiro atoms. The van der Waals surface area contributed by atoms with Crippen LogP contribution < -0.4 is 0 Å². The van der Waals surface area contributed by atoms with Crippen LogP contribution in [0.2, 0.25) is 0 Å². The molecular weight excluding hydrogens is 128 g/mol. The molecular formula is C8H10O2. The highest BCUT2D eigenvalue weighted by molar-refractivity contribution is 5.08. The lowest BCUT2D eigenvalue weighted by Gasteiger charge is -2.00. The van der Waals surface area contributed by atoms with Crippen LogP contribution in [0.4, 0.5) is 0 Å². The molecule has 0 aromatic heterocycles. The van der Waals surface area contributed by atoms with Crippen LogP contribution in [-0.4, -0.2) is 13.2 Å². The second-order valence-corrected chi connectivity index (χ2v) is 1.78. The fourth-order valence-electron chi connectivity index (χ4n) is 0.562. The second-order valence-electron chi connectivity index (χ2n) is 1.78. The van der Waals surface area contributed by atoms with E-state index in [2.05, 4.69) is 0 Å². The first-order valence-electron chi connectivity index (χ1n) is 3.22. The van der Waals surface area contributed by atoms with E-state index in [1.54, 1.807) is 12.5 Å².